The molecule has 16 rings (SSSR count). The van der Waals surface area contributed by atoms with Gasteiger partial charge in [0.1, 0.15) is 37.0 Å². The van der Waals surface area contributed by atoms with E-state index in [2.05, 4.69) is 347 Å². The quantitative estimate of drug-likeness (QED) is 0.0267. The van der Waals surface area contributed by atoms with Gasteiger partial charge in [0.25, 0.3) is 0 Å². The normalized spacial score (nSPS) is 20.9. The maximum atomic E-state index is 5.70. The summed E-state index contributed by atoms with van der Waals surface area (Å²) in [6.07, 6.45) is 13.6. The molecular formula is C102H164N40S7. The number of nitrogens with one attached hydrogen (secondary N) is 13. The van der Waals surface area contributed by atoms with Gasteiger partial charge in [0.2, 0.25) is 47.7 Å². The number of guanidine groups is 16. The molecular weight excluding hydrogens is 2010 g/mol. The highest BCUT2D eigenvalue weighted by molar-refractivity contribution is 7.13. The number of allylic oxidation sites excluding steroid dienone is 3. The van der Waals surface area contributed by atoms with Crippen LogP contribution in [0.15, 0.2) is 188 Å². The Morgan fingerprint density at radius 3 is 1.06 bits per heavy atom. The van der Waals surface area contributed by atoms with E-state index in [0.29, 0.717) is 29.8 Å². The van der Waals surface area contributed by atoms with Crippen LogP contribution >= 0.6 is 79.4 Å². The first-order chi connectivity index (χ1) is 70.9. The predicted molar refractivity (Wildman–Crippen MR) is 639 cm³/mol. The molecule has 40 nitrogen and oxygen atoms in total. The molecule has 9 aliphatic rings. The second-order valence-electron chi connectivity index (χ2n) is 37.2. The Hall–Kier alpha value is -12.7. The molecule has 1 aliphatic carbocycles. The number of aliphatic imine (C=N–C) groups is 16. The standard InChI is InChI=1S/C15H25N5S.C14H23N5S.2C13H21N5S.2C12H19N5S.C12H19N5.C11H17N5S/c1-11-7-8-13(21-11)9-10-19(5)15-17-12(2)16-14(18(3)4)20(15)6;1-10-6-7-12(20-10)8-9-19(5)14-16-11(2)15-13(17-14)18(3)4;1-9-5-6-11(19-9)7-8-14-12-15-10(2)16-13(17-12)18(3)4;1-9-5-6-11(19-9)7-8-18(4)13-16-10(2)15-12(14-3)17-13;1-8-4-5-10(18-8)6-7-17(3)12-15-9(2)14-11(13)16-12;1-8-4-5-10(18-8)6-7-14-12-16-9(2)15-11(13-3)17-12;1-8-4-3-5-10(8)6-7-14-12-16-9(2)15-11(13)17-12;1-7-3-4-9(17-7)5-6-13-11-15-8(2)14-10(12)16-11/h7-8,12H,9-10H2,1-6H3;6-7,11H,8-9H2,1-5H3,(H,15,16,17);2*5-6,10H,7-8H2,1-4H3,(H2,14,15,16,17);4-5,9H,6-7H2,1-3H3,(H3,13,14,15,16);4-5,9H,6-7H2,1-3H3,(H3,13,14,15,16,17);3,5,9H,4,6-7H2,1-2H3,(H4,13,14,15,16,17);3-4,8H,5-6H2,1-2H3,(H4,12,13,14,15,16). The smallest absolute Gasteiger partial charge is 0.222 e. The Labute approximate surface area is 911 Å². The molecule has 149 heavy (non-hydrogen) atoms. The minimum Gasteiger partial charge on any atom is -0.370 e. The zero-order valence-corrected chi connectivity index (χ0v) is 98.4. The van der Waals surface area contributed by atoms with E-state index in [0.717, 1.165) is 176 Å². The summed E-state index contributed by atoms with van der Waals surface area (Å²) in [4.78, 5) is 106. The van der Waals surface area contributed by atoms with Crippen LogP contribution in [0.3, 0.4) is 0 Å². The van der Waals surface area contributed by atoms with Crippen LogP contribution < -0.4 is 86.3 Å². The Morgan fingerprint density at radius 2 is 0.658 bits per heavy atom. The van der Waals surface area contributed by atoms with Crippen LogP contribution in [0.5, 0.6) is 0 Å². The molecule has 8 atom stereocenters. The van der Waals surface area contributed by atoms with Crippen molar-refractivity contribution in [2.24, 2.45) is 97.1 Å². The maximum absolute atomic E-state index is 5.70. The maximum Gasteiger partial charge on any atom is 0.222 e. The van der Waals surface area contributed by atoms with Crippen LogP contribution in [0.2, 0.25) is 0 Å². The first kappa shape index (κ1) is 120. The van der Waals surface area contributed by atoms with E-state index < -0.39 is 0 Å². The summed E-state index contributed by atoms with van der Waals surface area (Å²) in [7, 11) is 25.7. The minimum atomic E-state index is -0.104. The third-order valence-corrected chi connectivity index (χ3v) is 30.2. The lowest BCUT2D eigenvalue weighted by Gasteiger charge is -2.35. The highest BCUT2D eigenvalue weighted by Gasteiger charge is 2.27. The number of rotatable bonds is 24. The van der Waals surface area contributed by atoms with Crippen molar-refractivity contribution in [2.75, 3.05) is 144 Å². The summed E-state index contributed by atoms with van der Waals surface area (Å²) in [6, 6.07) is 30.4. The van der Waals surface area contributed by atoms with Gasteiger partial charge in [-0.1, -0.05) is 17.7 Å². The van der Waals surface area contributed by atoms with E-state index in [4.69, 9.17) is 17.2 Å². The lowest BCUT2D eigenvalue weighted by Crippen LogP contribution is -2.61. The Morgan fingerprint density at radius 1 is 0.322 bits per heavy atom. The topological polar surface area (TPSA) is 458 Å². The van der Waals surface area contributed by atoms with Gasteiger partial charge in [-0.2, -0.15) is 4.99 Å². The predicted octanol–water partition coefficient (Wildman–Crippen LogP) is 10.6. The minimum absolute atomic E-state index is 0.0148. The molecule has 47 heteroatoms. The first-order valence-electron chi connectivity index (χ1n) is 50.4. The molecule has 0 radical (unpaired) electrons. The number of nitrogens with zero attached hydrogens (tertiary/aromatic N) is 24. The van der Waals surface area contributed by atoms with Gasteiger partial charge in [-0.3, -0.25) is 66.8 Å². The molecule has 19 N–H and O–H groups in total. The second kappa shape index (κ2) is 60.8. The van der Waals surface area contributed by atoms with Crippen molar-refractivity contribution in [2.45, 2.75) is 218 Å². The summed E-state index contributed by atoms with van der Waals surface area (Å²) in [5.41, 5.74) is 19.8. The molecule has 7 aromatic rings. The third kappa shape index (κ3) is 43.1. The molecule has 0 amide bonds. The van der Waals surface area contributed by atoms with E-state index in [1.165, 1.54) is 79.4 Å². The molecule has 7 aromatic heterocycles. The summed E-state index contributed by atoms with van der Waals surface area (Å²) >= 11 is 12.9. The second-order valence-corrected chi connectivity index (χ2v) is 46.8. The number of hydrogen-bond acceptors (Lipinski definition) is 36. The van der Waals surface area contributed by atoms with Gasteiger partial charge in [0, 0.05) is 232 Å². The molecule has 0 saturated carbocycles. The van der Waals surface area contributed by atoms with Crippen LogP contribution in [0, 0.1) is 48.5 Å². The molecule has 15 heterocycles. The Kier molecular flexibility index (Phi) is 48.9. The lowest BCUT2D eigenvalue weighted by molar-refractivity contribution is 0.412. The molecule has 0 bridgehead atoms. The molecule has 1 fully saturated rings. The monoisotopic (exact) mass is 2170 g/mol. The van der Waals surface area contributed by atoms with E-state index in [9.17, 15) is 0 Å². The van der Waals surface area contributed by atoms with E-state index >= 15 is 0 Å². The molecule has 0 spiro atoms. The van der Waals surface area contributed by atoms with Gasteiger partial charge in [0.15, 0.2) is 47.7 Å². The van der Waals surface area contributed by atoms with Gasteiger partial charge >= 0.3 is 0 Å². The van der Waals surface area contributed by atoms with Crippen molar-refractivity contribution < 1.29 is 0 Å². The van der Waals surface area contributed by atoms with Crippen LogP contribution in [0.4, 0.5) is 0 Å². The van der Waals surface area contributed by atoms with Crippen molar-refractivity contribution in [1.82, 2.24) is 108 Å². The van der Waals surface area contributed by atoms with Gasteiger partial charge in [-0.15, -0.1) is 79.4 Å². The molecule has 8 unspecified atom stereocenters. The zero-order chi connectivity index (χ0) is 109. The fourth-order valence-electron chi connectivity index (χ4n) is 15.1. The molecule has 0 aromatic carbocycles. The Balaban J connectivity index is 0.000000189. The first-order valence-corrected chi connectivity index (χ1v) is 56.1. The fraction of sp³-hybridized carbons (Fsp3) is 0.529. The summed E-state index contributed by atoms with van der Waals surface area (Å²) in [6.45, 7) is 39.8. The van der Waals surface area contributed by atoms with Crippen LogP contribution in [-0.4, -0.2) is 328 Å². The van der Waals surface area contributed by atoms with Gasteiger partial charge < -0.3 is 88.7 Å². The summed E-state index contributed by atoms with van der Waals surface area (Å²) < 4.78 is 0. The van der Waals surface area contributed by atoms with Crippen molar-refractivity contribution >= 4 is 175 Å². The van der Waals surface area contributed by atoms with E-state index in [1.54, 1.807) is 14.1 Å². The van der Waals surface area contributed by atoms with Crippen molar-refractivity contribution in [3.8, 4) is 0 Å². The number of thiophene rings is 7. The molecule has 814 valence electrons. The van der Waals surface area contributed by atoms with Crippen molar-refractivity contribution in [3.05, 3.63) is 177 Å². The summed E-state index contributed by atoms with van der Waals surface area (Å²) in [5, 5.41) is 40.6. The number of likely N-dealkylation sites (N-methyl/N-ethyl adjacent to an activating group) is 4. The third-order valence-electron chi connectivity index (χ3n) is 22.8. The Bertz CT molecular complexity index is 5980. The largest absolute Gasteiger partial charge is 0.370 e. The molecule has 8 aliphatic heterocycles. The average Bonchev–Trinajstić information content (AvgIpc) is 1.12. The van der Waals surface area contributed by atoms with Crippen LogP contribution in [-0.2, 0) is 44.9 Å². The highest BCUT2D eigenvalue weighted by Crippen LogP contribution is 2.25. The van der Waals surface area contributed by atoms with Crippen LogP contribution in [0.25, 0.3) is 0 Å². The van der Waals surface area contributed by atoms with Gasteiger partial charge in [-0.25, -0.2) is 44.9 Å². The van der Waals surface area contributed by atoms with Gasteiger partial charge in [0.05, 0.1) is 12.3 Å². The van der Waals surface area contributed by atoms with E-state index in [-0.39, 0.29) is 49.3 Å². The SMILES string of the molecule is CC1=C(CCN=C2N=C(N)NC(C)N2)C=CC1.CN=C1NC(=NCCc2ccc(C)s2)NC(C)N1.CN=C1NC(N(C)CCc2ccc(C)s2)=NC(C)N1.Cc1ccc(CCN(C)C2=NC(C)N=C(N(C)C)N2)s1.Cc1ccc(CCN(C)C2=NC(C)N=C(N(C)C)N2C)s1.Cc1ccc(CCN(C)C2=NC(C)N=C(N)N2)s1.Cc1ccc(CCN=C2NC(N(C)C)=NC(C)N2)s1.Cc1ccc(CCN=C2NC(N)=NC(C)N2)s1. The van der Waals surface area contributed by atoms with Gasteiger partial charge in [-0.05, 0) is 240 Å². The highest BCUT2D eigenvalue weighted by atomic mass is 32.1. The van der Waals surface area contributed by atoms with Crippen molar-refractivity contribution in [3.63, 3.8) is 0 Å². The van der Waals surface area contributed by atoms with Crippen molar-refractivity contribution in [1.29, 1.82) is 0 Å². The lowest BCUT2D eigenvalue weighted by atomic mass is 10.1. The van der Waals surface area contributed by atoms with Crippen LogP contribution in [0.1, 0.15) is 143 Å². The average molecular weight is 2180 g/mol. The summed E-state index contributed by atoms with van der Waals surface area (Å²) in [5.74, 6) is 11.9. The number of nitrogens with two attached hydrogens (primary N) is 3. The zero-order valence-electron chi connectivity index (χ0n) is 92.7. The number of hydrogen-bond donors (Lipinski definition) is 16. The number of aryl methyl sites for hydroxylation is 7. The fourth-order valence-corrected chi connectivity index (χ4v) is 21.3. The van der Waals surface area contributed by atoms with E-state index in [1.807, 2.05) is 206 Å². The molecule has 1 saturated heterocycles.